The van der Waals surface area contributed by atoms with Crippen LogP contribution >= 0.6 is 0 Å². The third-order valence-corrected chi connectivity index (χ3v) is 3.15. The van der Waals surface area contributed by atoms with Crippen molar-refractivity contribution in [1.29, 1.82) is 0 Å². The first kappa shape index (κ1) is 17.7. The molecule has 0 spiro atoms. The predicted octanol–water partition coefficient (Wildman–Crippen LogP) is 2.38. The van der Waals surface area contributed by atoms with Crippen molar-refractivity contribution in [1.82, 2.24) is 0 Å². The summed E-state index contributed by atoms with van der Waals surface area (Å²) in [4.78, 5) is 21.4. The highest BCUT2D eigenvalue weighted by molar-refractivity contribution is 5.87. The van der Waals surface area contributed by atoms with Gasteiger partial charge in [-0.15, -0.1) is 0 Å². The van der Waals surface area contributed by atoms with E-state index < -0.39 is 5.97 Å². The number of benzene rings is 1. The number of carbonyl (C=O) groups excluding carboxylic acids is 1. The van der Waals surface area contributed by atoms with E-state index in [1.807, 2.05) is 6.92 Å². The molecule has 1 aliphatic heterocycles. The van der Waals surface area contributed by atoms with Gasteiger partial charge in [0.1, 0.15) is 5.75 Å². The van der Waals surface area contributed by atoms with Gasteiger partial charge in [-0.2, -0.15) is 0 Å². The fraction of sp³-hybridized carbons (Fsp3) is 0.375. The molecule has 6 nitrogen and oxygen atoms in total. The van der Waals surface area contributed by atoms with Gasteiger partial charge in [-0.05, 0) is 37.6 Å². The zero-order valence-electron chi connectivity index (χ0n) is 12.7. The minimum Gasteiger partial charge on any atom is -0.508 e. The summed E-state index contributed by atoms with van der Waals surface area (Å²) in [7, 11) is 0. The number of hydrogen-bond donors (Lipinski definition) is 2. The molecule has 120 valence electrons. The molecule has 0 saturated carbocycles. The Kier molecular flexibility index (Phi) is 6.12. The predicted molar refractivity (Wildman–Crippen MR) is 79.8 cm³/mol. The van der Waals surface area contributed by atoms with Gasteiger partial charge in [0, 0.05) is 5.57 Å². The molecule has 1 fully saturated rings. The molecular formula is C16H20O6. The first-order chi connectivity index (χ1) is 10.3. The summed E-state index contributed by atoms with van der Waals surface area (Å²) >= 11 is 0. The van der Waals surface area contributed by atoms with Crippen molar-refractivity contribution < 1.29 is 29.3 Å². The number of aromatic carboxylic acids is 1. The maximum absolute atomic E-state index is 11.1. The van der Waals surface area contributed by atoms with Crippen molar-refractivity contribution in [3.63, 3.8) is 0 Å². The van der Waals surface area contributed by atoms with Crippen molar-refractivity contribution in [2.75, 3.05) is 13.2 Å². The van der Waals surface area contributed by atoms with Crippen LogP contribution in [0.2, 0.25) is 0 Å². The minimum atomic E-state index is -0.986. The van der Waals surface area contributed by atoms with Gasteiger partial charge >= 0.3 is 11.9 Å². The van der Waals surface area contributed by atoms with Crippen molar-refractivity contribution >= 4 is 11.9 Å². The van der Waals surface area contributed by atoms with Crippen molar-refractivity contribution in [3.05, 3.63) is 42.0 Å². The Morgan fingerprint density at radius 2 is 1.86 bits per heavy atom. The van der Waals surface area contributed by atoms with Crippen LogP contribution in [0.15, 0.2) is 36.4 Å². The molecular weight excluding hydrogens is 288 g/mol. The highest BCUT2D eigenvalue weighted by Gasteiger charge is 2.40. The lowest BCUT2D eigenvalue weighted by Crippen LogP contribution is -2.52. The zero-order chi connectivity index (χ0) is 16.8. The maximum Gasteiger partial charge on any atom is 0.335 e. The van der Waals surface area contributed by atoms with Crippen LogP contribution < -0.4 is 0 Å². The standard InChI is InChI=1S/C9H14O3.C7H6O3/c1-4-9(5-11-6-9)12-8(10)7(2)3;8-6-3-1-5(2-4-6)7(9)10/h2,4-6H2,1,3H3;1-4,8H,(H,9,10). The molecule has 0 atom stereocenters. The summed E-state index contributed by atoms with van der Waals surface area (Å²) in [6.07, 6.45) is 0.798. The molecule has 1 saturated heterocycles. The number of esters is 1. The lowest BCUT2D eigenvalue weighted by Gasteiger charge is -2.39. The Labute approximate surface area is 129 Å². The van der Waals surface area contributed by atoms with E-state index in [0.29, 0.717) is 18.8 Å². The first-order valence-corrected chi connectivity index (χ1v) is 6.78. The molecule has 0 bridgehead atoms. The molecule has 0 amide bonds. The molecule has 1 aromatic carbocycles. The Balaban J connectivity index is 0.000000224. The highest BCUT2D eigenvalue weighted by atomic mass is 16.6. The van der Waals surface area contributed by atoms with E-state index in [9.17, 15) is 9.59 Å². The Morgan fingerprint density at radius 3 is 2.18 bits per heavy atom. The monoisotopic (exact) mass is 308 g/mol. The van der Waals surface area contributed by atoms with Gasteiger partial charge in [0.25, 0.3) is 0 Å². The second-order valence-corrected chi connectivity index (χ2v) is 5.05. The van der Waals surface area contributed by atoms with E-state index in [0.717, 1.165) is 6.42 Å². The molecule has 1 heterocycles. The minimum absolute atomic E-state index is 0.0741. The summed E-state index contributed by atoms with van der Waals surface area (Å²) < 4.78 is 10.2. The molecule has 0 unspecified atom stereocenters. The van der Waals surface area contributed by atoms with E-state index in [-0.39, 0.29) is 22.9 Å². The lowest BCUT2D eigenvalue weighted by molar-refractivity contribution is -0.210. The molecule has 0 aliphatic carbocycles. The Morgan fingerprint density at radius 1 is 1.32 bits per heavy atom. The first-order valence-electron chi connectivity index (χ1n) is 6.78. The van der Waals surface area contributed by atoms with E-state index in [1.165, 1.54) is 24.3 Å². The van der Waals surface area contributed by atoms with Gasteiger partial charge in [0.05, 0.1) is 18.8 Å². The Hall–Kier alpha value is -2.34. The third-order valence-electron chi connectivity index (χ3n) is 3.15. The second kappa shape index (κ2) is 7.61. The molecule has 2 rings (SSSR count). The van der Waals surface area contributed by atoms with Crippen LogP contribution in [0, 0.1) is 0 Å². The maximum atomic E-state index is 11.1. The SMILES string of the molecule is C=C(C)C(=O)OC1(CC)COC1.O=C(O)c1ccc(O)cc1. The van der Waals surface area contributed by atoms with Gasteiger partial charge < -0.3 is 19.7 Å². The summed E-state index contributed by atoms with van der Waals surface area (Å²) in [5.41, 5.74) is 0.253. The van der Waals surface area contributed by atoms with Crippen LogP contribution in [0.1, 0.15) is 30.6 Å². The largest absolute Gasteiger partial charge is 0.508 e. The number of rotatable bonds is 4. The van der Waals surface area contributed by atoms with Crippen LogP contribution in [0.3, 0.4) is 0 Å². The average Bonchev–Trinajstić information content (AvgIpc) is 2.43. The number of hydrogen-bond acceptors (Lipinski definition) is 5. The van der Waals surface area contributed by atoms with E-state index >= 15 is 0 Å². The summed E-state index contributed by atoms with van der Waals surface area (Å²) in [6, 6.07) is 5.36. The normalized spacial score (nSPS) is 14.8. The smallest absolute Gasteiger partial charge is 0.335 e. The van der Waals surface area contributed by atoms with Crippen molar-refractivity contribution in [2.24, 2.45) is 0 Å². The molecule has 0 radical (unpaired) electrons. The fourth-order valence-electron chi connectivity index (χ4n) is 1.55. The van der Waals surface area contributed by atoms with Crippen LogP contribution in [-0.2, 0) is 14.3 Å². The van der Waals surface area contributed by atoms with Crippen LogP contribution in [0.25, 0.3) is 0 Å². The topological polar surface area (TPSA) is 93.1 Å². The molecule has 1 aromatic rings. The summed E-state index contributed by atoms with van der Waals surface area (Å²) in [5, 5.41) is 17.1. The summed E-state index contributed by atoms with van der Waals surface area (Å²) in [5.74, 6) is -1.23. The van der Waals surface area contributed by atoms with Gasteiger partial charge in [0.2, 0.25) is 0 Å². The number of carboxylic acids is 1. The number of phenols is 1. The number of carboxylic acid groups (broad SMARTS) is 1. The van der Waals surface area contributed by atoms with Gasteiger partial charge in [-0.1, -0.05) is 13.5 Å². The molecule has 22 heavy (non-hydrogen) atoms. The molecule has 0 aromatic heterocycles. The quantitative estimate of drug-likeness (QED) is 0.655. The third kappa shape index (κ3) is 4.89. The van der Waals surface area contributed by atoms with Crippen LogP contribution in [0.4, 0.5) is 0 Å². The number of phenolic OH excluding ortho intramolecular Hbond substituents is 1. The van der Waals surface area contributed by atoms with E-state index in [1.54, 1.807) is 6.92 Å². The van der Waals surface area contributed by atoms with Crippen LogP contribution in [0.5, 0.6) is 5.75 Å². The van der Waals surface area contributed by atoms with Crippen molar-refractivity contribution in [3.8, 4) is 5.75 Å². The number of ether oxygens (including phenoxy) is 2. The molecule has 6 heteroatoms. The molecule has 2 N–H and O–H groups in total. The Bertz CT molecular complexity index is 537. The lowest BCUT2D eigenvalue weighted by atomic mass is 9.99. The van der Waals surface area contributed by atoms with E-state index in [4.69, 9.17) is 19.7 Å². The van der Waals surface area contributed by atoms with Gasteiger partial charge in [-0.3, -0.25) is 0 Å². The number of carbonyl (C=O) groups is 2. The summed E-state index contributed by atoms with van der Waals surface area (Å²) in [6.45, 7) is 8.17. The average molecular weight is 308 g/mol. The van der Waals surface area contributed by atoms with Crippen LogP contribution in [-0.4, -0.2) is 41.0 Å². The fourth-order valence-corrected chi connectivity index (χ4v) is 1.55. The van der Waals surface area contributed by atoms with Gasteiger partial charge in [0.15, 0.2) is 5.60 Å². The van der Waals surface area contributed by atoms with Gasteiger partial charge in [-0.25, -0.2) is 9.59 Å². The van der Waals surface area contributed by atoms with E-state index in [2.05, 4.69) is 6.58 Å². The number of aromatic hydroxyl groups is 1. The zero-order valence-corrected chi connectivity index (χ0v) is 12.7. The molecule has 1 aliphatic rings. The highest BCUT2D eigenvalue weighted by Crippen LogP contribution is 2.26. The second-order valence-electron chi connectivity index (χ2n) is 5.05. The van der Waals surface area contributed by atoms with Crippen molar-refractivity contribution in [2.45, 2.75) is 25.9 Å².